The number of hydrogen-bond acceptors (Lipinski definition) is 3. The van der Waals surface area contributed by atoms with E-state index in [1.807, 2.05) is 0 Å². The van der Waals surface area contributed by atoms with Crippen LogP contribution in [0.1, 0.15) is 49.9 Å². The Hall–Kier alpha value is -1.62. The molecule has 0 radical (unpaired) electrons. The Morgan fingerprint density at radius 2 is 2.10 bits per heavy atom. The van der Waals surface area contributed by atoms with Gasteiger partial charge in [-0.25, -0.2) is 0 Å². The van der Waals surface area contributed by atoms with Gasteiger partial charge in [0, 0.05) is 36.7 Å². The van der Waals surface area contributed by atoms with E-state index in [0.717, 1.165) is 30.0 Å². The average Bonchev–Trinajstić information content (AvgIpc) is 3.08. The van der Waals surface area contributed by atoms with Gasteiger partial charge in [0.1, 0.15) is 5.65 Å². The molecule has 0 atom stereocenters. The predicted octanol–water partition coefficient (Wildman–Crippen LogP) is 1.67. The second kappa shape index (κ2) is 5.40. The lowest BCUT2D eigenvalue weighted by Gasteiger charge is -2.12. The van der Waals surface area contributed by atoms with Gasteiger partial charge >= 0.3 is 0 Å². The summed E-state index contributed by atoms with van der Waals surface area (Å²) < 4.78 is 3.71. The molecule has 0 aromatic carbocycles. The van der Waals surface area contributed by atoms with Crippen LogP contribution in [0.5, 0.6) is 0 Å². The van der Waals surface area contributed by atoms with Crippen LogP contribution >= 0.6 is 0 Å². The molecular formula is C15H22N4O. The number of aryl methyl sites for hydroxylation is 1. The summed E-state index contributed by atoms with van der Waals surface area (Å²) in [6.45, 7) is 3.47. The third kappa shape index (κ3) is 2.16. The van der Waals surface area contributed by atoms with Gasteiger partial charge in [-0.05, 0) is 26.3 Å². The summed E-state index contributed by atoms with van der Waals surface area (Å²) in [5.74, 6) is 0.526. The first-order valence-corrected chi connectivity index (χ1v) is 7.57. The Labute approximate surface area is 118 Å². The van der Waals surface area contributed by atoms with Gasteiger partial charge in [0.15, 0.2) is 0 Å². The molecule has 2 aromatic heterocycles. The van der Waals surface area contributed by atoms with Gasteiger partial charge in [-0.2, -0.15) is 9.61 Å². The SMILES string of the molecule is CCn1c(CCN)cc(=O)n2nc(C3CCCC3)cc12. The van der Waals surface area contributed by atoms with Crippen LogP contribution in [0.3, 0.4) is 0 Å². The summed E-state index contributed by atoms with van der Waals surface area (Å²) in [5.41, 5.74) is 8.59. The van der Waals surface area contributed by atoms with Crippen molar-refractivity contribution in [2.45, 2.75) is 51.5 Å². The first-order valence-electron chi connectivity index (χ1n) is 7.57. The maximum Gasteiger partial charge on any atom is 0.274 e. The van der Waals surface area contributed by atoms with Crippen molar-refractivity contribution >= 4 is 5.65 Å². The molecule has 0 amide bonds. The van der Waals surface area contributed by atoms with Crippen molar-refractivity contribution in [2.75, 3.05) is 6.54 Å². The molecule has 1 saturated carbocycles. The molecule has 1 fully saturated rings. The first-order chi connectivity index (χ1) is 9.74. The van der Waals surface area contributed by atoms with E-state index in [1.54, 1.807) is 10.6 Å². The number of nitrogens with two attached hydrogens (primary N) is 1. The van der Waals surface area contributed by atoms with Crippen molar-refractivity contribution in [3.05, 3.63) is 33.9 Å². The molecule has 3 rings (SSSR count). The Bertz CT molecular complexity index is 664. The number of aromatic nitrogens is 3. The minimum absolute atomic E-state index is 0.0441. The summed E-state index contributed by atoms with van der Waals surface area (Å²) in [5, 5.41) is 4.56. The summed E-state index contributed by atoms with van der Waals surface area (Å²) in [4.78, 5) is 12.2. The van der Waals surface area contributed by atoms with Gasteiger partial charge < -0.3 is 10.3 Å². The van der Waals surface area contributed by atoms with Crippen molar-refractivity contribution in [1.82, 2.24) is 14.2 Å². The lowest BCUT2D eigenvalue weighted by atomic mass is 10.0. The van der Waals surface area contributed by atoms with Crippen molar-refractivity contribution in [3.8, 4) is 0 Å². The van der Waals surface area contributed by atoms with E-state index in [2.05, 4.69) is 22.7 Å². The minimum atomic E-state index is -0.0441. The molecule has 0 unspecified atom stereocenters. The van der Waals surface area contributed by atoms with Crippen LogP contribution in [0.4, 0.5) is 0 Å². The van der Waals surface area contributed by atoms with Gasteiger partial charge in [0.2, 0.25) is 0 Å². The third-order valence-electron chi connectivity index (χ3n) is 4.32. The Balaban J connectivity index is 2.16. The third-order valence-corrected chi connectivity index (χ3v) is 4.32. The Morgan fingerprint density at radius 3 is 2.75 bits per heavy atom. The molecule has 20 heavy (non-hydrogen) atoms. The highest BCUT2D eigenvalue weighted by molar-refractivity contribution is 5.43. The molecule has 0 spiro atoms. The molecule has 2 heterocycles. The zero-order chi connectivity index (χ0) is 14.1. The Kier molecular flexibility index (Phi) is 3.61. The van der Waals surface area contributed by atoms with E-state index in [9.17, 15) is 4.79 Å². The van der Waals surface area contributed by atoms with Crippen LogP contribution in [0.2, 0.25) is 0 Å². The van der Waals surface area contributed by atoms with Gasteiger partial charge in [0.25, 0.3) is 5.56 Å². The van der Waals surface area contributed by atoms with Gasteiger partial charge in [-0.15, -0.1) is 0 Å². The molecule has 1 aliphatic carbocycles. The van der Waals surface area contributed by atoms with Crippen LogP contribution in [0, 0.1) is 0 Å². The second-order valence-electron chi connectivity index (χ2n) is 5.58. The van der Waals surface area contributed by atoms with Gasteiger partial charge in [-0.3, -0.25) is 4.79 Å². The highest BCUT2D eigenvalue weighted by Crippen LogP contribution is 2.33. The Morgan fingerprint density at radius 1 is 1.35 bits per heavy atom. The first kappa shape index (κ1) is 13.4. The molecule has 1 aliphatic rings. The molecule has 108 valence electrons. The van der Waals surface area contributed by atoms with Gasteiger partial charge in [0.05, 0.1) is 5.69 Å². The highest BCUT2D eigenvalue weighted by atomic mass is 16.1. The molecule has 0 saturated heterocycles. The van der Waals surface area contributed by atoms with Crippen LogP contribution in [-0.4, -0.2) is 20.7 Å². The summed E-state index contributed by atoms with van der Waals surface area (Å²) >= 11 is 0. The van der Waals surface area contributed by atoms with E-state index < -0.39 is 0 Å². The smallest absolute Gasteiger partial charge is 0.274 e. The molecule has 0 bridgehead atoms. The van der Waals surface area contributed by atoms with E-state index in [-0.39, 0.29) is 5.56 Å². The molecule has 5 nitrogen and oxygen atoms in total. The molecule has 2 aromatic rings. The zero-order valence-electron chi connectivity index (χ0n) is 12.0. The van der Waals surface area contributed by atoms with Gasteiger partial charge in [-0.1, -0.05) is 12.8 Å². The lowest BCUT2D eigenvalue weighted by Crippen LogP contribution is -2.22. The number of nitrogens with zero attached hydrogens (tertiary/aromatic N) is 3. The fraction of sp³-hybridized carbons (Fsp3) is 0.600. The number of rotatable bonds is 4. The fourth-order valence-electron chi connectivity index (χ4n) is 3.31. The van der Waals surface area contributed by atoms with Crippen LogP contribution in [-0.2, 0) is 13.0 Å². The van der Waals surface area contributed by atoms with Crippen LogP contribution < -0.4 is 11.3 Å². The lowest BCUT2D eigenvalue weighted by molar-refractivity contribution is 0.665. The monoisotopic (exact) mass is 274 g/mol. The van der Waals surface area contributed by atoms with Crippen LogP contribution in [0.25, 0.3) is 5.65 Å². The maximum absolute atomic E-state index is 12.2. The van der Waals surface area contributed by atoms with E-state index in [4.69, 9.17) is 5.73 Å². The van der Waals surface area contributed by atoms with Crippen molar-refractivity contribution in [3.63, 3.8) is 0 Å². The number of fused-ring (bicyclic) bond motifs is 1. The van der Waals surface area contributed by atoms with E-state index in [0.29, 0.717) is 12.5 Å². The largest absolute Gasteiger partial charge is 0.330 e. The van der Waals surface area contributed by atoms with Crippen molar-refractivity contribution in [1.29, 1.82) is 0 Å². The average molecular weight is 274 g/mol. The normalized spacial score (nSPS) is 16.3. The van der Waals surface area contributed by atoms with Crippen LogP contribution in [0.15, 0.2) is 16.9 Å². The number of hydrogen-bond donors (Lipinski definition) is 1. The fourth-order valence-corrected chi connectivity index (χ4v) is 3.31. The van der Waals surface area contributed by atoms with E-state index in [1.165, 1.54) is 25.7 Å². The maximum atomic E-state index is 12.2. The second-order valence-corrected chi connectivity index (χ2v) is 5.58. The summed E-state index contributed by atoms with van der Waals surface area (Å²) in [7, 11) is 0. The standard InChI is InChI=1S/C15H22N4O/c1-2-18-12(7-8-16)9-15(20)19-14(18)10-13(17-19)11-5-3-4-6-11/h9-11H,2-8,16H2,1H3. The summed E-state index contributed by atoms with van der Waals surface area (Å²) in [6.07, 6.45) is 5.66. The molecular weight excluding hydrogens is 252 g/mol. The van der Waals surface area contributed by atoms with Crippen molar-refractivity contribution in [2.24, 2.45) is 5.73 Å². The van der Waals surface area contributed by atoms with E-state index >= 15 is 0 Å². The quantitative estimate of drug-likeness (QED) is 0.922. The molecule has 2 N–H and O–H groups in total. The van der Waals surface area contributed by atoms with Crippen molar-refractivity contribution < 1.29 is 0 Å². The highest BCUT2D eigenvalue weighted by Gasteiger charge is 2.21. The topological polar surface area (TPSA) is 65.3 Å². The summed E-state index contributed by atoms with van der Waals surface area (Å²) in [6, 6.07) is 3.77. The zero-order valence-corrected chi connectivity index (χ0v) is 12.0. The molecule has 5 heteroatoms. The molecule has 0 aliphatic heterocycles. The minimum Gasteiger partial charge on any atom is -0.330 e. The predicted molar refractivity (Wildman–Crippen MR) is 79.1 cm³/mol.